The molecule has 254 valence electrons. The minimum absolute atomic E-state index is 0.00462. The normalized spacial score (nSPS) is 13.1. The number of rotatable bonds is 21. The van der Waals surface area contributed by atoms with Crippen LogP contribution in [0.2, 0.25) is 0 Å². The van der Waals surface area contributed by atoms with Crippen molar-refractivity contribution in [2.45, 2.75) is 86.2 Å². The van der Waals surface area contributed by atoms with E-state index in [1.807, 2.05) is 65.8 Å². The topological polar surface area (TPSA) is 163 Å². The van der Waals surface area contributed by atoms with Crippen molar-refractivity contribution in [3.8, 4) is 0 Å². The SMILES string of the molecule is CNC(=O)[C@H](CCC(=O)NCC(C)(C)COCC(C)(C)CC(=O)NCc1ccc(I)cc1)NC(=O)C[C@@H](CC(C)C)C(=O)CO. The van der Waals surface area contributed by atoms with Crippen molar-refractivity contribution < 1.29 is 33.8 Å². The van der Waals surface area contributed by atoms with Gasteiger partial charge in [0.1, 0.15) is 12.6 Å². The van der Waals surface area contributed by atoms with Gasteiger partial charge in [-0.15, -0.1) is 0 Å². The number of Topliss-reactive ketones (excluding diaryl/α,β-unsaturated/α-hetero) is 1. The van der Waals surface area contributed by atoms with E-state index in [4.69, 9.17) is 4.74 Å². The van der Waals surface area contributed by atoms with Crippen LogP contribution in [0.1, 0.15) is 79.2 Å². The van der Waals surface area contributed by atoms with Crippen LogP contribution < -0.4 is 21.3 Å². The Morgan fingerprint density at radius 3 is 2.11 bits per heavy atom. The quantitative estimate of drug-likeness (QED) is 0.121. The third kappa shape index (κ3) is 17.6. The minimum Gasteiger partial charge on any atom is -0.389 e. The van der Waals surface area contributed by atoms with E-state index in [-0.39, 0.29) is 42.4 Å². The highest BCUT2D eigenvalue weighted by Crippen LogP contribution is 2.23. The zero-order chi connectivity index (χ0) is 34.2. The van der Waals surface area contributed by atoms with Crippen molar-refractivity contribution in [2.75, 3.05) is 33.4 Å². The summed E-state index contributed by atoms with van der Waals surface area (Å²) in [4.78, 5) is 62.3. The lowest BCUT2D eigenvalue weighted by Crippen LogP contribution is -2.47. The van der Waals surface area contributed by atoms with Crippen molar-refractivity contribution in [1.29, 1.82) is 0 Å². The van der Waals surface area contributed by atoms with E-state index in [0.717, 1.165) is 9.13 Å². The maximum Gasteiger partial charge on any atom is 0.242 e. The number of hydrogen-bond donors (Lipinski definition) is 5. The highest BCUT2D eigenvalue weighted by atomic mass is 127. The molecule has 1 rings (SSSR count). The van der Waals surface area contributed by atoms with Crippen molar-refractivity contribution in [2.24, 2.45) is 22.7 Å². The molecule has 12 heteroatoms. The van der Waals surface area contributed by atoms with Crippen LogP contribution in [-0.2, 0) is 35.3 Å². The molecule has 0 aliphatic rings. The predicted octanol–water partition coefficient (Wildman–Crippen LogP) is 3.11. The molecule has 0 aliphatic heterocycles. The summed E-state index contributed by atoms with van der Waals surface area (Å²) in [6.45, 7) is 12.6. The molecule has 4 amide bonds. The van der Waals surface area contributed by atoms with Gasteiger partial charge in [-0.2, -0.15) is 0 Å². The standard InChI is InChI=1S/C33H53IN4O7/c1-22(2)14-24(27(40)18-39)15-29(42)38-26(31(44)35-7)12-13-28(41)37-19-33(5,6)21-45-20-32(3,4)16-30(43)36-17-23-8-10-25(34)11-9-23/h8-11,22,24,26,39H,12-21H2,1-7H3,(H,35,44)(H,36,43)(H,37,41)(H,38,42)/t24-,26+/m1/s1. The second-order valence-corrected chi connectivity index (χ2v) is 14.9. The maximum atomic E-state index is 12.7. The number of ether oxygens (including phenoxy) is 1. The number of hydrogen-bond acceptors (Lipinski definition) is 7. The van der Waals surface area contributed by atoms with E-state index < -0.39 is 41.6 Å². The molecule has 0 aromatic heterocycles. The molecule has 1 aromatic rings. The molecular weight excluding hydrogens is 691 g/mol. The zero-order valence-electron chi connectivity index (χ0n) is 27.9. The van der Waals surface area contributed by atoms with Gasteiger partial charge < -0.3 is 31.1 Å². The third-order valence-corrected chi connectivity index (χ3v) is 7.87. The Balaban J connectivity index is 2.49. The summed E-state index contributed by atoms with van der Waals surface area (Å²) < 4.78 is 7.11. The number of carbonyl (C=O) groups excluding carboxylic acids is 5. The monoisotopic (exact) mass is 744 g/mol. The van der Waals surface area contributed by atoms with E-state index in [1.54, 1.807) is 0 Å². The van der Waals surface area contributed by atoms with Crippen LogP contribution >= 0.6 is 22.6 Å². The smallest absolute Gasteiger partial charge is 0.242 e. The summed E-state index contributed by atoms with van der Waals surface area (Å²) in [6, 6.07) is 7.05. The summed E-state index contributed by atoms with van der Waals surface area (Å²) in [5, 5.41) is 20.2. The van der Waals surface area contributed by atoms with Crippen LogP contribution in [0.3, 0.4) is 0 Å². The predicted molar refractivity (Wildman–Crippen MR) is 182 cm³/mol. The van der Waals surface area contributed by atoms with Gasteiger partial charge in [0.15, 0.2) is 5.78 Å². The summed E-state index contributed by atoms with van der Waals surface area (Å²) in [6.07, 6.45) is 0.704. The number of aliphatic hydroxyl groups excluding tert-OH is 1. The van der Waals surface area contributed by atoms with Crippen LogP contribution in [-0.4, -0.2) is 74.0 Å². The first-order chi connectivity index (χ1) is 21.0. The van der Waals surface area contributed by atoms with E-state index in [1.165, 1.54) is 7.05 Å². The fourth-order valence-corrected chi connectivity index (χ4v) is 5.01. The van der Waals surface area contributed by atoms with Gasteiger partial charge in [-0.3, -0.25) is 24.0 Å². The molecule has 11 nitrogen and oxygen atoms in total. The van der Waals surface area contributed by atoms with Crippen molar-refractivity contribution in [3.05, 3.63) is 33.4 Å². The number of benzene rings is 1. The molecule has 5 N–H and O–H groups in total. The number of nitrogens with one attached hydrogen (secondary N) is 4. The molecule has 0 bridgehead atoms. The Kier molecular flexibility index (Phi) is 17.8. The summed E-state index contributed by atoms with van der Waals surface area (Å²) in [5.41, 5.74) is 0.269. The Labute approximate surface area is 281 Å². The lowest BCUT2D eigenvalue weighted by molar-refractivity contribution is -0.133. The van der Waals surface area contributed by atoms with Crippen molar-refractivity contribution in [3.63, 3.8) is 0 Å². The van der Waals surface area contributed by atoms with Crippen molar-refractivity contribution >= 4 is 52.0 Å². The fraction of sp³-hybridized carbons (Fsp3) is 0.667. The minimum atomic E-state index is -0.940. The molecular formula is C33H53IN4O7. The molecule has 0 aliphatic carbocycles. The molecule has 0 saturated carbocycles. The second kappa shape index (κ2) is 19.8. The number of carbonyl (C=O) groups is 5. The van der Waals surface area contributed by atoms with Gasteiger partial charge in [-0.1, -0.05) is 53.7 Å². The van der Waals surface area contributed by atoms with Gasteiger partial charge in [-0.25, -0.2) is 0 Å². The summed E-state index contributed by atoms with van der Waals surface area (Å²) in [5.74, 6) is -2.15. The molecule has 0 unspecified atom stereocenters. The molecule has 2 atom stereocenters. The highest BCUT2D eigenvalue weighted by molar-refractivity contribution is 14.1. The van der Waals surface area contributed by atoms with Crippen LogP contribution in [0, 0.1) is 26.2 Å². The molecule has 1 aromatic carbocycles. The Morgan fingerprint density at radius 1 is 0.911 bits per heavy atom. The van der Waals surface area contributed by atoms with E-state index in [0.29, 0.717) is 39.1 Å². The van der Waals surface area contributed by atoms with E-state index >= 15 is 0 Å². The van der Waals surface area contributed by atoms with Gasteiger partial charge in [-0.05, 0) is 64.5 Å². The van der Waals surface area contributed by atoms with Crippen LogP contribution in [0.4, 0.5) is 0 Å². The first-order valence-corrected chi connectivity index (χ1v) is 16.5. The number of aliphatic hydroxyl groups is 1. The Bertz CT molecular complexity index is 1120. The maximum absolute atomic E-state index is 12.7. The van der Waals surface area contributed by atoms with Gasteiger partial charge in [0.05, 0.1) is 13.2 Å². The van der Waals surface area contributed by atoms with Crippen molar-refractivity contribution in [1.82, 2.24) is 21.3 Å². The lowest BCUT2D eigenvalue weighted by atomic mass is 9.89. The summed E-state index contributed by atoms with van der Waals surface area (Å²) >= 11 is 2.24. The molecule has 0 fully saturated rings. The average molecular weight is 745 g/mol. The van der Waals surface area contributed by atoms with Gasteiger partial charge in [0, 0.05) is 54.3 Å². The number of halogens is 1. The molecule has 0 saturated heterocycles. The van der Waals surface area contributed by atoms with Gasteiger partial charge in [0.25, 0.3) is 0 Å². The van der Waals surface area contributed by atoms with Crippen LogP contribution in [0.25, 0.3) is 0 Å². The second-order valence-electron chi connectivity index (χ2n) is 13.6. The zero-order valence-corrected chi connectivity index (χ0v) is 30.0. The first-order valence-electron chi connectivity index (χ1n) is 15.5. The number of ketones is 1. The third-order valence-electron chi connectivity index (χ3n) is 7.15. The number of likely N-dealkylation sites (N-methyl/N-ethyl adjacent to an activating group) is 1. The van der Waals surface area contributed by atoms with Gasteiger partial charge in [0.2, 0.25) is 23.6 Å². The van der Waals surface area contributed by atoms with Crippen LogP contribution in [0.5, 0.6) is 0 Å². The van der Waals surface area contributed by atoms with E-state index in [2.05, 4.69) is 43.9 Å². The molecule has 45 heavy (non-hydrogen) atoms. The Hall–Kier alpha value is -2.58. The average Bonchev–Trinajstić information content (AvgIpc) is 2.96. The van der Waals surface area contributed by atoms with Gasteiger partial charge >= 0.3 is 0 Å². The molecule has 0 spiro atoms. The number of amides is 4. The molecule has 0 radical (unpaired) electrons. The fourth-order valence-electron chi connectivity index (χ4n) is 4.65. The van der Waals surface area contributed by atoms with Crippen LogP contribution in [0.15, 0.2) is 24.3 Å². The lowest BCUT2D eigenvalue weighted by Gasteiger charge is -2.29. The Morgan fingerprint density at radius 2 is 1.53 bits per heavy atom. The van der Waals surface area contributed by atoms with E-state index in [9.17, 15) is 29.1 Å². The largest absolute Gasteiger partial charge is 0.389 e. The molecule has 0 heterocycles. The summed E-state index contributed by atoms with van der Waals surface area (Å²) in [7, 11) is 1.44. The first kappa shape index (κ1) is 40.4. The highest BCUT2D eigenvalue weighted by Gasteiger charge is 2.28.